The van der Waals surface area contributed by atoms with E-state index in [1.54, 1.807) is 7.05 Å². The molecule has 1 aliphatic rings. The maximum Gasteiger partial charge on any atom is 0.262 e. The lowest BCUT2D eigenvalue weighted by Crippen LogP contribution is -2.35. The molecule has 33 heavy (non-hydrogen) atoms. The minimum absolute atomic E-state index is 0.0823. The van der Waals surface area contributed by atoms with E-state index >= 15 is 0 Å². The first-order valence-corrected chi connectivity index (χ1v) is 11.0. The van der Waals surface area contributed by atoms with E-state index < -0.39 is 0 Å². The van der Waals surface area contributed by atoms with Crippen molar-refractivity contribution in [2.45, 2.75) is 19.9 Å². The fraction of sp³-hybridized carbons (Fsp3) is 0.333. The van der Waals surface area contributed by atoms with E-state index in [2.05, 4.69) is 15.1 Å². The Labute approximate surface area is 189 Å². The highest BCUT2D eigenvalue weighted by Crippen LogP contribution is 2.18. The van der Waals surface area contributed by atoms with Gasteiger partial charge >= 0.3 is 0 Å². The van der Waals surface area contributed by atoms with Gasteiger partial charge in [-0.3, -0.25) is 23.5 Å². The van der Waals surface area contributed by atoms with E-state index in [-0.39, 0.29) is 17.3 Å². The van der Waals surface area contributed by atoms with Gasteiger partial charge in [0.25, 0.3) is 11.5 Å². The van der Waals surface area contributed by atoms with Crippen LogP contribution < -0.4 is 5.56 Å². The predicted octanol–water partition coefficient (Wildman–Crippen LogP) is 2.38. The van der Waals surface area contributed by atoms with Gasteiger partial charge in [0.15, 0.2) is 5.82 Å². The number of nitrogens with zero attached hydrogens (tertiary/aromatic N) is 6. The Bertz CT molecular complexity index is 1410. The van der Waals surface area contributed by atoms with Gasteiger partial charge in [-0.2, -0.15) is 0 Å². The molecule has 3 heterocycles. The molecule has 2 aromatic carbocycles. The van der Waals surface area contributed by atoms with Gasteiger partial charge in [-0.15, -0.1) is 10.2 Å². The van der Waals surface area contributed by atoms with Gasteiger partial charge in [-0.1, -0.05) is 11.6 Å². The number of halogens is 1. The topological polar surface area (TPSA) is 75.7 Å². The number of hydrogen-bond acceptors (Lipinski definition) is 5. The predicted molar refractivity (Wildman–Crippen MR) is 123 cm³/mol. The van der Waals surface area contributed by atoms with Crippen molar-refractivity contribution in [3.8, 4) is 0 Å². The van der Waals surface area contributed by atoms with Gasteiger partial charge in [-0.25, -0.2) is 4.39 Å². The molecule has 0 bridgehead atoms. The number of rotatable bonds is 3. The number of carbonyl (C=O) groups excluding carboxylic acids is 1. The second-order valence-corrected chi connectivity index (χ2v) is 8.57. The Kier molecular flexibility index (Phi) is 5.41. The van der Waals surface area contributed by atoms with Crippen molar-refractivity contribution in [2.75, 3.05) is 26.2 Å². The van der Waals surface area contributed by atoms with Crippen LogP contribution in [0.25, 0.3) is 16.7 Å². The van der Waals surface area contributed by atoms with Crippen LogP contribution in [0.15, 0.2) is 47.3 Å². The third kappa shape index (κ3) is 3.89. The maximum absolute atomic E-state index is 13.2. The summed E-state index contributed by atoms with van der Waals surface area (Å²) in [5.41, 5.74) is 2.22. The van der Waals surface area contributed by atoms with Crippen molar-refractivity contribution in [1.29, 1.82) is 0 Å². The average Bonchev–Trinajstić information content (AvgIpc) is 3.08. The molecule has 0 atom stereocenters. The number of fused-ring (bicyclic) bond motifs is 3. The zero-order valence-electron chi connectivity index (χ0n) is 18.7. The van der Waals surface area contributed by atoms with E-state index in [1.807, 2.05) is 34.4 Å². The van der Waals surface area contributed by atoms with Gasteiger partial charge in [0, 0.05) is 38.8 Å². The largest absolute Gasteiger partial charge is 0.337 e. The quantitative estimate of drug-likeness (QED) is 0.481. The van der Waals surface area contributed by atoms with E-state index in [1.165, 1.54) is 28.8 Å². The summed E-state index contributed by atoms with van der Waals surface area (Å²) in [7, 11) is 1.71. The number of carbonyl (C=O) groups is 1. The lowest BCUT2D eigenvalue weighted by atomic mass is 10.1. The fourth-order valence-electron chi connectivity index (χ4n) is 4.47. The number of hydrogen-bond donors (Lipinski definition) is 0. The zero-order valence-corrected chi connectivity index (χ0v) is 18.7. The second kappa shape index (κ2) is 8.40. The molecular weight excluding hydrogens is 423 g/mol. The molecular formula is C24H25FN6O2. The van der Waals surface area contributed by atoms with Crippen molar-refractivity contribution in [1.82, 2.24) is 29.0 Å². The molecule has 0 unspecified atom stereocenters. The summed E-state index contributed by atoms with van der Waals surface area (Å²) in [5.74, 6) is 0.831. The van der Waals surface area contributed by atoms with Crippen LogP contribution in [-0.2, 0) is 13.6 Å². The van der Waals surface area contributed by atoms with E-state index in [4.69, 9.17) is 0 Å². The van der Waals surface area contributed by atoms with E-state index in [9.17, 15) is 14.0 Å². The maximum atomic E-state index is 13.2. The summed E-state index contributed by atoms with van der Waals surface area (Å²) in [6.07, 6.45) is 0.822. The van der Waals surface area contributed by atoms with Crippen molar-refractivity contribution < 1.29 is 9.18 Å². The fourth-order valence-corrected chi connectivity index (χ4v) is 4.47. The van der Waals surface area contributed by atoms with Crippen LogP contribution in [0.2, 0.25) is 0 Å². The molecule has 0 aliphatic carbocycles. The summed E-state index contributed by atoms with van der Waals surface area (Å²) in [4.78, 5) is 29.7. The van der Waals surface area contributed by atoms with E-state index in [0.29, 0.717) is 42.9 Å². The van der Waals surface area contributed by atoms with Crippen LogP contribution in [0, 0.1) is 12.7 Å². The second-order valence-electron chi connectivity index (χ2n) is 8.57. The minimum Gasteiger partial charge on any atom is -0.337 e. The molecule has 2 aromatic heterocycles. The third-order valence-corrected chi connectivity index (χ3v) is 6.27. The molecule has 4 aromatic rings. The number of aromatic nitrogens is 4. The van der Waals surface area contributed by atoms with Crippen LogP contribution in [0.3, 0.4) is 0 Å². The first-order chi connectivity index (χ1) is 15.9. The van der Waals surface area contributed by atoms with Crippen molar-refractivity contribution in [2.24, 2.45) is 7.05 Å². The molecule has 1 amide bonds. The summed E-state index contributed by atoms with van der Waals surface area (Å²) in [6, 6.07) is 11.5. The van der Waals surface area contributed by atoms with Gasteiger partial charge in [-0.05, 0) is 49.7 Å². The Morgan fingerprint density at radius 1 is 1.03 bits per heavy atom. The van der Waals surface area contributed by atoms with Gasteiger partial charge in [0.1, 0.15) is 5.82 Å². The first-order valence-electron chi connectivity index (χ1n) is 11.0. The Hall–Kier alpha value is -3.59. The van der Waals surface area contributed by atoms with Crippen molar-refractivity contribution >= 4 is 22.6 Å². The van der Waals surface area contributed by atoms with Crippen LogP contribution >= 0.6 is 0 Å². The van der Waals surface area contributed by atoms with Crippen molar-refractivity contribution in [3.05, 3.63) is 75.6 Å². The number of aryl methyl sites for hydroxylation is 2. The van der Waals surface area contributed by atoms with Crippen LogP contribution in [0.1, 0.15) is 28.2 Å². The van der Waals surface area contributed by atoms with Crippen LogP contribution in [-0.4, -0.2) is 61.1 Å². The summed E-state index contributed by atoms with van der Waals surface area (Å²) < 4.78 is 16.7. The summed E-state index contributed by atoms with van der Waals surface area (Å²) in [6.45, 7) is 5.23. The molecule has 0 spiro atoms. The lowest BCUT2D eigenvalue weighted by Gasteiger charge is -2.22. The number of benzene rings is 2. The molecule has 1 saturated heterocycles. The van der Waals surface area contributed by atoms with Gasteiger partial charge in [0.2, 0.25) is 5.78 Å². The molecule has 9 heteroatoms. The molecule has 0 radical (unpaired) electrons. The standard InChI is InChI=1S/C24H25FN6O2/c1-16-4-9-20-19(14-16)23(33)28(2)24-27-26-21(31(20)24)15-29-10-3-11-30(13-12-29)22(32)17-5-7-18(25)8-6-17/h4-9,14H,3,10-13,15H2,1-2H3. The van der Waals surface area contributed by atoms with Crippen molar-refractivity contribution in [3.63, 3.8) is 0 Å². The minimum atomic E-state index is -0.352. The summed E-state index contributed by atoms with van der Waals surface area (Å²) in [5, 5.41) is 9.32. The summed E-state index contributed by atoms with van der Waals surface area (Å²) >= 11 is 0. The molecule has 8 nitrogen and oxygen atoms in total. The highest BCUT2D eigenvalue weighted by atomic mass is 19.1. The normalized spacial score (nSPS) is 15.3. The SMILES string of the molecule is Cc1ccc2c(c1)c(=O)n(C)c1nnc(CN3CCCN(C(=O)c4ccc(F)cc4)CC3)n21. The molecule has 0 saturated carbocycles. The smallest absolute Gasteiger partial charge is 0.262 e. The first kappa shape index (κ1) is 21.3. The molecule has 0 N–H and O–H groups in total. The van der Waals surface area contributed by atoms with Gasteiger partial charge in [0.05, 0.1) is 17.4 Å². The van der Waals surface area contributed by atoms with Gasteiger partial charge < -0.3 is 4.90 Å². The number of amides is 1. The Morgan fingerprint density at radius 3 is 2.61 bits per heavy atom. The molecule has 1 aliphatic heterocycles. The van der Waals surface area contributed by atoms with E-state index in [0.717, 1.165) is 29.9 Å². The molecule has 170 valence electrons. The third-order valence-electron chi connectivity index (χ3n) is 6.27. The monoisotopic (exact) mass is 448 g/mol. The molecule has 1 fully saturated rings. The molecule has 5 rings (SSSR count). The lowest BCUT2D eigenvalue weighted by molar-refractivity contribution is 0.0761. The van der Waals surface area contributed by atoms with Crippen LogP contribution in [0.5, 0.6) is 0 Å². The Morgan fingerprint density at radius 2 is 1.82 bits per heavy atom. The highest BCUT2D eigenvalue weighted by Gasteiger charge is 2.22. The zero-order chi connectivity index (χ0) is 23.1. The highest BCUT2D eigenvalue weighted by molar-refractivity contribution is 5.94. The Balaban J connectivity index is 1.39. The average molecular weight is 449 g/mol. The van der Waals surface area contributed by atoms with Crippen LogP contribution in [0.4, 0.5) is 4.39 Å².